The van der Waals surface area contributed by atoms with Crippen LogP contribution >= 0.6 is 23.1 Å². The molecule has 0 N–H and O–H groups in total. The van der Waals surface area contributed by atoms with Gasteiger partial charge >= 0.3 is 0 Å². The molecular weight excluding hydrogens is 242 g/mol. The van der Waals surface area contributed by atoms with Crippen molar-refractivity contribution in [1.29, 1.82) is 0 Å². The molecule has 0 bridgehead atoms. The maximum absolute atomic E-state index is 6.07. The Labute approximate surface area is 104 Å². The average Bonchev–Trinajstić information content (AvgIpc) is 2.55. The summed E-state index contributed by atoms with van der Waals surface area (Å²) in [6, 6.07) is 6.09. The van der Waals surface area contributed by atoms with Crippen molar-refractivity contribution in [2.24, 2.45) is 0 Å². The van der Waals surface area contributed by atoms with Gasteiger partial charge in [0, 0.05) is 11.5 Å². The molecule has 0 aliphatic heterocycles. The zero-order valence-corrected chi connectivity index (χ0v) is 10.9. The molecule has 1 aromatic heterocycles. The van der Waals surface area contributed by atoms with Crippen LogP contribution in [0, 0.1) is 20.8 Å². The van der Waals surface area contributed by atoms with E-state index < -0.39 is 0 Å². The Morgan fingerprint density at radius 2 is 2.00 bits per heavy atom. The molecule has 0 atom stereocenters. The molecule has 2 rings (SSSR count). The number of ether oxygens (including phenoxy) is 1. The third-order valence-electron chi connectivity index (χ3n) is 2.31. The van der Waals surface area contributed by atoms with E-state index in [1.807, 2.05) is 32.9 Å². The molecule has 0 unspecified atom stereocenters. The number of rotatable bonds is 2. The van der Waals surface area contributed by atoms with Gasteiger partial charge in [-0.05, 0) is 38.0 Å². The van der Waals surface area contributed by atoms with Gasteiger partial charge < -0.3 is 4.74 Å². The van der Waals surface area contributed by atoms with Crippen molar-refractivity contribution in [1.82, 2.24) is 4.37 Å². The van der Waals surface area contributed by atoms with Crippen molar-refractivity contribution in [2.45, 2.75) is 20.8 Å². The Morgan fingerprint density at radius 3 is 2.62 bits per heavy atom. The van der Waals surface area contributed by atoms with Crippen LogP contribution in [0.1, 0.15) is 16.8 Å². The third-order valence-corrected chi connectivity index (χ3v) is 3.68. The van der Waals surface area contributed by atoms with E-state index in [9.17, 15) is 0 Å². The Balaban J connectivity index is 2.33. The summed E-state index contributed by atoms with van der Waals surface area (Å²) in [6.45, 7) is 5.91. The van der Waals surface area contributed by atoms with Crippen LogP contribution in [0.5, 0.6) is 10.8 Å². The largest absolute Gasteiger partial charge is 0.443 e. The van der Waals surface area contributed by atoms with Gasteiger partial charge in [-0.25, -0.2) is 0 Å². The fraction of sp³-hybridized carbons (Fsp3) is 0.250. The highest BCUT2D eigenvalue weighted by atomic mass is 35.5. The number of halogens is 1. The number of aryl methyl sites for hydroxylation is 3. The molecular formula is C12H12ClNOS. The highest BCUT2D eigenvalue weighted by molar-refractivity contribution is 7.08. The van der Waals surface area contributed by atoms with Crippen LogP contribution in [0.25, 0.3) is 0 Å². The van der Waals surface area contributed by atoms with E-state index in [0.717, 1.165) is 22.6 Å². The maximum atomic E-state index is 6.07. The number of aromatic nitrogens is 1. The quantitative estimate of drug-likeness (QED) is 0.785. The third kappa shape index (κ3) is 2.20. The molecule has 0 spiro atoms. The van der Waals surface area contributed by atoms with Gasteiger partial charge in [0.05, 0.1) is 5.69 Å². The van der Waals surface area contributed by atoms with Crippen LogP contribution in [0.4, 0.5) is 0 Å². The van der Waals surface area contributed by atoms with E-state index in [2.05, 4.69) is 10.4 Å². The number of benzene rings is 1. The summed E-state index contributed by atoms with van der Waals surface area (Å²) in [4.78, 5) is 0. The SMILES string of the molecule is Cc1ccc(C)c(Oc2snc(C)c2Cl)c1. The second kappa shape index (κ2) is 4.44. The van der Waals surface area contributed by atoms with E-state index in [4.69, 9.17) is 16.3 Å². The fourth-order valence-electron chi connectivity index (χ4n) is 1.32. The van der Waals surface area contributed by atoms with E-state index in [1.54, 1.807) is 0 Å². The summed E-state index contributed by atoms with van der Waals surface area (Å²) in [7, 11) is 0. The molecule has 0 saturated heterocycles. The summed E-state index contributed by atoms with van der Waals surface area (Å²) in [6.07, 6.45) is 0. The Kier molecular flexibility index (Phi) is 3.17. The average molecular weight is 254 g/mol. The Hall–Kier alpha value is -1.06. The molecule has 1 aromatic carbocycles. The molecule has 0 radical (unpaired) electrons. The van der Waals surface area contributed by atoms with Crippen molar-refractivity contribution in [3.8, 4) is 10.8 Å². The van der Waals surface area contributed by atoms with Crippen molar-refractivity contribution in [2.75, 3.05) is 0 Å². The molecule has 16 heavy (non-hydrogen) atoms. The number of hydrogen-bond acceptors (Lipinski definition) is 3. The predicted molar refractivity (Wildman–Crippen MR) is 67.9 cm³/mol. The first-order valence-electron chi connectivity index (χ1n) is 4.95. The first-order chi connectivity index (χ1) is 7.58. The van der Waals surface area contributed by atoms with Crippen molar-refractivity contribution in [3.63, 3.8) is 0 Å². The van der Waals surface area contributed by atoms with Crippen LogP contribution < -0.4 is 4.74 Å². The van der Waals surface area contributed by atoms with Gasteiger partial charge in [0.25, 0.3) is 0 Å². The normalized spacial score (nSPS) is 10.5. The molecule has 0 fully saturated rings. The summed E-state index contributed by atoms with van der Waals surface area (Å²) < 4.78 is 9.91. The van der Waals surface area contributed by atoms with E-state index >= 15 is 0 Å². The van der Waals surface area contributed by atoms with E-state index in [-0.39, 0.29) is 0 Å². The fourth-order valence-corrected chi connectivity index (χ4v) is 2.22. The molecule has 0 aliphatic rings. The monoisotopic (exact) mass is 253 g/mol. The minimum absolute atomic E-state index is 0.603. The minimum Gasteiger partial charge on any atom is -0.443 e. The predicted octanol–water partition coefficient (Wildman–Crippen LogP) is 4.51. The summed E-state index contributed by atoms with van der Waals surface area (Å²) >= 11 is 7.36. The topological polar surface area (TPSA) is 22.1 Å². The van der Waals surface area contributed by atoms with E-state index in [0.29, 0.717) is 10.1 Å². The minimum atomic E-state index is 0.603. The van der Waals surface area contributed by atoms with E-state index in [1.165, 1.54) is 11.5 Å². The number of nitrogens with zero attached hydrogens (tertiary/aromatic N) is 1. The van der Waals surface area contributed by atoms with Gasteiger partial charge in [0.1, 0.15) is 10.8 Å². The van der Waals surface area contributed by atoms with Crippen LogP contribution in [0.3, 0.4) is 0 Å². The summed E-state index contributed by atoms with van der Waals surface area (Å²) in [5.74, 6) is 0.838. The van der Waals surface area contributed by atoms with Crippen LogP contribution in [0.2, 0.25) is 5.02 Å². The van der Waals surface area contributed by atoms with Crippen LogP contribution in [-0.2, 0) is 0 Å². The highest BCUT2D eigenvalue weighted by Gasteiger charge is 2.11. The molecule has 1 heterocycles. The lowest BCUT2D eigenvalue weighted by molar-refractivity contribution is 0.492. The van der Waals surface area contributed by atoms with Gasteiger partial charge in [-0.1, -0.05) is 23.7 Å². The lowest BCUT2D eigenvalue weighted by Crippen LogP contribution is -1.87. The molecule has 0 aliphatic carbocycles. The van der Waals surface area contributed by atoms with Crippen molar-refractivity contribution >= 4 is 23.1 Å². The second-order valence-corrected chi connectivity index (χ2v) is 4.85. The van der Waals surface area contributed by atoms with Gasteiger partial charge in [0.2, 0.25) is 5.06 Å². The number of hydrogen-bond donors (Lipinski definition) is 0. The second-order valence-electron chi connectivity index (χ2n) is 3.74. The zero-order valence-electron chi connectivity index (χ0n) is 9.37. The first-order valence-corrected chi connectivity index (χ1v) is 6.10. The van der Waals surface area contributed by atoms with Gasteiger partial charge in [0.15, 0.2) is 0 Å². The standard InChI is InChI=1S/C12H12ClNOS/c1-7-4-5-8(2)10(6-7)15-12-11(13)9(3)14-16-12/h4-6H,1-3H3. The lowest BCUT2D eigenvalue weighted by Gasteiger charge is -2.07. The lowest BCUT2D eigenvalue weighted by atomic mass is 10.1. The molecule has 2 nitrogen and oxygen atoms in total. The molecule has 0 saturated carbocycles. The van der Waals surface area contributed by atoms with Gasteiger partial charge in [-0.3, -0.25) is 0 Å². The highest BCUT2D eigenvalue weighted by Crippen LogP contribution is 2.36. The van der Waals surface area contributed by atoms with Crippen molar-refractivity contribution < 1.29 is 4.74 Å². The Morgan fingerprint density at radius 1 is 1.25 bits per heavy atom. The molecule has 4 heteroatoms. The Bertz CT molecular complexity index is 522. The van der Waals surface area contributed by atoms with Crippen LogP contribution in [-0.4, -0.2) is 4.37 Å². The molecule has 0 amide bonds. The van der Waals surface area contributed by atoms with Crippen LogP contribution in [0.15, 0.2) is 18.2 Å². The van der Waals surface area contributed by atoms with Gasteiger partial charge in [-0.15, -0.1) is 0 Å². The van der Waals surface area contributed by atoms with Crippen molar-refractivity contribution in [3.05, 3.63) is 40.0 Å². The zero-order chi connectivity index (χ0) is 11.7. The maximum Gasteiger partial charge on any atom is 0.218 e. The smallest absolute Gasteiger partial charge is 0.218 e. The molecule has 84 valence electrons. The first kappa shape index (κ1) is 11.4. The summed E-state index contributed by atoms with van der Waals surface area (Å²) in [5.41, 5.74) is 3.07. The summed E-state index contributed by atoms with van der Waals surface area (Å²) in [5, 5.41) is 1.26. The molecule has 2 aromatic rings. The van der Waals surface area contributed by atoms with Gasteiger partial charge in [-0.2, -0.15) is 4.37 Å².